The summed E-state index contributed by atoms with van der Waals surface area (Å²) in [7, 11) is 0. The number of carbonyl (C=O) groups is 1. The Kier molecular flexibility index (Phi) is 4.39. The van der Waals surface area contributed by atoms with Crippen molar-refractivity contribution in [2.75, 3.05) is 11.4 Å². The first-order valence-electron chi connectivity index (χ1n) is 8.30. The Labute approximate surface area is 143 Å². The number of hydrogen-bond donors (Lipinski definition) is 0. The second-order valence-corrected chi connectivity index (χ2v) is 7.32. The van der Waals surface area contributed by atoms with Gasteiger partial charge in [-0.2, -0.15) is 0 Å². The van der Waals surface area contributed by atoms with E-state index in [1.54, 1.807) is 0 Å². The number of anilines is 1. The average Bonchev–Trinajstić information content (AvgIpc) is 2.59. The van der Waals surface area contributed by atoms with Crippen molar-refractivity contribution in [2.24, 2.45) is 5.41 Å². The molecule has 2 nitrogen and oxygen atoms in total. The maximum absolute atomic E-state index is 13.2. The Bertz CT molecular complexity index is 841. The van der Waals surface area contributed by atoms with Gasteiger partial charge >= 0.3 is 0 Å². The van der Waals surface area contributed by atoms with Gasteiger partial charge in [0.1, 0.15) is 0 Å². The molecule has 0 saturated heterocycles. The van der Waals surface area contributed by atoms with Gasteiger partial charge in [0.15, 0.2) is 0 Å². The third kappa shape index (κ3) is 3.48. The largest absolute Gasteiger partial charge is 0.307 e. The molecule has 0 aliphatic rings. The predicted octanol–water partition coefficient (Wildman–Crippen LogP) is 5.53. The molecule has 122 valence electrons. The molecule has 0 fully saturated rings. The van der Waals surface area contributed by atoms with Crippen molar-refractivity contribution in [2.45, 2.75) is 20.8 Å². The minimum atomic E-state index is 0.00137. The molecule has 0 spiro atoms. The molecule has 0 bridgehead atoms. The molecule has 3 rings (SSSR count). The van der Waals surface area contributed by atoms with E-state index in [0.717, 1.165) is 22.0 Å². The van der Waals surface area contributed by atoms with E-state index in [9.17, 15) is 4.79 Å². The van der Waals surface area contributed by atoms with Crippen molar-refractivity contribution in [1.82, 2.24) is 0 Å². The summed E-state index contributed by atoms with van der Waals surface area (Å²) in [5.74, 6) is 0.0434. The van der Waals surface area contributed by atoms with Crippen LogP contribution in [-0.2, 0) is 0 Å². The van der Waals surface area contributed by atoms with Crippen LogP contribution in [-0.4, -0.2) is 12.5 Å². The van der Waals surface area contributed by atoms with Crippen LogP contribution in [0.4, 0.5) is 5.69 Å². The van der Waals surface area contributed by atoms with E-state index >= 15 is 0 Å². The maximum Gasteiger partial charge on any atom is 0.258 e. The van der Waals surface area contributed by atoms with Crippen LogP contribution in [0.15, 0.2) is 72.8 Å². The van der Waals surface area contributed by atoms with Gasteiger partial charge in [0.2, 0.25) is 0 Å². The van der Waals surface area contributed by atoms with Gasteiger partial charge in [-0.15, -0.1) is 0 Å². The predicted molar refractivity (Wildman–Crippen MR) is 102 cm³/mol. The fraction of sp³-hybridized carbons (Fsp3) is 0.227. The minimum absolute atomic E-state index is 0.00137. The van der Waals surface area contributed by atoms with Crippen LogP contribution in [0.5, 0.6) is 0 Å². The molecule has 0 atom stereocenters. The van der Waals surface area contributed by atoms with Gasteiger partial charge in [-0.05, 0) is 29.0 Å². The Hall–Kier alpha value is -2.61. The highest BCUT2D eigenvalue weighted by atomic mass is 16.2. The van der Waals surface area contributed by atoms with Crippen LogP contribution in [0.2, 0.25) is 0 Å². The highest BCUT2D eigenvalue weighted by Crippen LogP contribution is 2.30. The number of hydrogen-bond acceptors (Lipinski definition) is 1. The van der Waals surface area contributed by atoms with Crippen LogP contribution >= 0.6 is 0 Å². The summed E-state index contributed by atoms with van der Waals surface area (Å²) in [6.45, 7) is 7.13. The molecule has 1 amide bonds. The molecule has 0 unspecified atom stereocenters. The summed E-state index contributed by atoms with van der Waals surface area (Å²) in [6, 6.07) is 23.9. The molecule has 0 aromatic heterocycles. The maximum atomic E-state index is 13.2. The quantitative estimate of drug-likeness (QED) is 0.621. The monoisotopic (exact) mass is 317 g/mol. The molecular formula is C22H23NO. The average molecular weight is 317 g/mol. The molecule has 0 radical (unpaired) electrons. The zero-order valence-corrected chi connectivity index (χ0v) is 14.5. The number of rotatable bonds is 3. The molecule has 3 aromatic rings. The van der Waals surface area contributed by atoms with Crippen molar-refractivity contribution in [1.29, 1.82) is 0 Å². The van der Waals surface area contributed by atoms with Crippen LogP contribution in [0.25, 0.3) is 10.8 Å². The lowest BCUT2D eigenvalue weighted by atomic mass is 9.94. The zero-order chi connectivity index (χ0) is 17.2. The Balaban J connectivity index is 2.12. The summed E-state index contributed by atoms with van der Waals surface area (Å²) in [4.78, 5) is 15.1. The molecule has 24 heavy (non-hydrogen) atoms. The Morgan fingerprint density at radius 1 is 0.833 bits per heavy atom. The Morgan fingerprint density at radius 3 is 2.17 bits per heavy atom. The first-order valence-corrected chi connectivity index (χ1v) is 8.30. The molecule has 0 saturated carbocycles. The van der Waals surface area contributed by atoms with E-state index < -0.39 is 0 Å². The highest BCUT2D eigenvalue weighted by Gasteiger charge is 2.24. The van der Waals surface area contributed by atoms with Gasteiger partial charge < -0.3 is 4.90 Å². The van der Waals surface area contributed by atoms with Crippen molar-refractivity contribution in [3.63, 3.8) is 0 Å². The van der Waals surface area contributed by atoms with Gasteiger partial charge in [-0.25, -0.2) is 0 Å². The van der Waals surface area contributed by atoms with E-state index in [-0.39, 0.29) is 11.3 Å². The van der Waals surface area contributed by atoms with E-state index in [0.29, 0.717) is 6.54 Å². The number of amides is 1. The lowest BCUT2D eigenvalue weighted by molar-refractivity contribution is 0.0978. The lowest BCUT2D eigenvalue weighted by Gasteiger charge is -2.31. The van der Waals surface area contributed by atoms with Crippen molar-refractivity contribution < 1.29 is 4.79 Å². The molecule has 0 aliphatic carbocycles. The third-order valence-electron chi connectivity index (χ3n) is 3.96. The van der Waals surface area contributed by atoms with Crippen LogP contribution in [0.3, 0.4) is 0 Å². The SMILES string of the molecule is CC(C)(C)CN(C(=O)c1ccccc1)c1cccc2ccccc12. The summed E-state index contributed by atoms with van der Waals surface area (Å²) >= 11 is 0. The standard InChI is InChI=1S/C22H23NO/c1-22(2,3)16-23(21(24)18-11-5-4-6-12-18)20-15-9-13-17-10-7-8-14-19(17)20/h4-15H,16H2,1-3H3. The molecule has 2 heteroatoms. The fourth-order valence-corrected chi connectivity index (χ4v) is 2.92. The second-order valence-electron chi connectivity index (χ2n) is 7.32. The number of fused-ring (bicyclic) bond motifs is 1. The fourth-order valence-electron chi connectivity index (χ4n) is 2.92. The summed E-state index contributed by atoms with van der Waals surface area (Å²) in [5, 5.41) is 2.25. The highest BCUT2D eigenvalue weighted by molar-refractivity contribution is 6.10. The summed E-state index contributed by atoms with van der Waals surface area (Å²) < 4.78 is 0. The molecule has 0 heterocycles. The summed E-state index contributed by atoms with van der Waals surface area (Å²) in [5.41, 5.74) is 1.69. The number of nitrogens with zero attached hydrogens (tertiary/aromatic N) is 1. The van der Waals surface area contributed by atoms with Crippen LogP contribution < -0.4 is 4.90 Å². The number of benzene rings is 3. The van der Waals surface area contributed by atoms with Crippen molar-refractivity contribution in [3.8, 4) is 0 Å². The van der Waals surface area contributed by atoms with Gasteiger partial charge in [-0.3, -0.25) is 4.79 Å². The Morgan fingerprint density at radius 2 is 1.46 bits per heavy atom. The van der Waals surface area contributed by atoms with Crippen LogP contribution in [0.1, 0.15) is 31.1 Å². The first-order chi connectivity index (χ1) is 11.5. The van der Waals surface area contributed by atoms with Crippen molar-refractivity contribution >= 4 is 22.4 Å². The molecule has 0 N–H and O–H groups in total. The summed E-state index contributed by atoms with van der Waals surface area (Å²) in [6.07, 6.45) is 0. The third-order valence-corrected chi connectivity index (χ3v) is 3.96. The molecule has 0 aliphatic heterocycles. The van der Waals surface area contributed by atoms with Crippen molar-refractivity contribution in [3.05, 3.63) is 78.4 Å². The minimum Gasteiger partial charge on any atom is -0.307 e. The molecular weight excluding hydrogens is 294 g/mol. The normalized spacial score (nSPS) is 11.5. The smallest absolute Gasteiger partial charge is 0.258 e. The second kappa shape index (κ2) is 6.48. The van der Waals surface area contributed by atoms with Crippen LogP contribution in [0, 0.1) is 5.41 Å². The lowest BCUT2D eigenvalue weighted by Crippen LogP contribution is -2.38. The van der Waals surface area contributed by atoms with E-state index in [4.69, 9.17) is 0 Å². The van der Waals surface area contributed by atoms with E-state index in [2.05, 4.69) is 39.0 Å². The molecule has 3 aromatic carbocycles. The first kappa shape index (κ1) is 16.3. The van der Waals surface area contributed by atoms with Gasteiger partial charge in [-0.1, -0.05) is 75.4 Å². The van der Waals surface area contributed by atoms with E-state index in [1.807, 2.05) is 59.5 Å². The van der Waals surface area contributed by atoms with Gasteiger partial charge in [0, 0.05) is 17.5 Å². The topological polar surface area (TPSA) is 20.3 Å². The van der Waals surface area contributed by atoms with Gasteiger partial charge in [0.25, 0.3) is 5.91 Å². The van der Waals surface area contributed by atoms with E-state index in [1.165, 1.54) is 0 Å². The van der Waals surface area contributed by atoms with Gasteiger partial charge in [0.05, 0.1) is 5.69 Å². The zero-order valence-electron chi connectivity index (χ0n) is 14.5. The number of carbonyl (C=O) groups excluding carboxylic acids is 1.